The number of nitrogens with zero attached hydrogens (tertiary/aromatic N) is 3. The number of halogens is 1. The Kier molecular flexibility index (Phi) is 6.91. The Bertz CT molecular complexity index is 1900. The third kappa shape index (κ3) is 5.31. The topological polar surface area (TPSA) is 76.9 Å². The van der Waals surface area contributed by atoms with Gasteiger partial charge in [0, 0.05) is 16.3 Å². The molecule has 0 fully saturated rings. The predicted octanol–water partition coefficient (Wildman–Crippen LogP) is 7.36. The van der Waals surface area contributed by atoms with E-state index >= 15 is 0 Å². The highest BCUT2D eigenvalue weighted by molar-refractivity contribution is 7.99. The van der Waals surface area contributed by atoms with Crippen molar-refractivity contribution in [1.82, 2.24) is 14.5 Å². The summed E-state index contributed by atoms with van der Waals surface area (Å²) in [7, 11) is 0. The SMILES string of the molecule is Cc1ccc2nc(-c3ccc(NC(=O)CSc4nc5ccccc5c(=O)n4-c4ccc(Cl)cc4)cc3)sc2c1. The molecule has 6 nitrogen and oxygen atoms in total. The van der Waals surface area contributed by atoms with Crippen LogP contribution in [0.2, 0.25) is 5.02 Å². The number of carbonyl (C=O) groups is 1. The fraction of sp³-hybridized carbons (Fsp3) is 0.0667. The van der Waals surface area contributed by atoms with E-state index in [4.69, 9.17) is 16.6 Å². The lowest BCUT2D eigenvalue weighted by atomic mass is 10.2. The Hall–Kier alpha value is -3.98. The lowest BCUT2D eigenvalue weighted by molar-refractivity contribution is -0.113. The van der Waals surface area contributed by atoms with Crippen LogP contribution >= 0.6 is 34.7 Å². The Morgan fingerprint density at radius 1 is 0.949 bits per heavy atom. The molecule has 0 radical (unpaired) electrons. The number of para-hydroxylation sites is 1. The number of thiazole rings is 1. The molecule has 0 unspecified atom stereocenters. The van der Waals surface area contributed by atoms with Gasteiger partial charge < -0.3 is 5.32 Å². The maximum absolute atomic E-state index is 13.4. The van der Waals surface area contributed by atoms with Gasteiger partial charge in [0.2, 0.25) is 5.91 Å². The zero-order valence-corrected chi connectivity index (χ0v) is 23.1. The van der Waals surface area contributed by atoms with Crippen molar-refractivity contribution in [3.8, 4) is 16.3 Å². The summed E-state index contributed by atoms with van der Waals surface area (Å²) in [6.07, 6.45) is 0. The van der Waals surface area contributed by atoms with E-state index < -0.39 is 0 Å². The summed E-state index contributed by atoms with van der Waals surface area (Å²) in [5.74, 6) is -0.120. The number of fused-ring (bicyclic) bond motifs is 2. The molecule has 6 rings (SSSR count). The van der Waals surface area contributed by atoms with E-state index in [1.54, 1.807) is 53.8 Å². The fourth-order valence-electron chi connectivity index (χ4n) is 4.21. The van der Waals surface area contributed by atoms with Gasteiger partial charge in [0.15, 0.2) is 5.16 Å². The lowest BCUT2D eigenvalue weighted by Crippen LogP contribution is -2.22. The summed E-state index contributed by atoms with van der Waals surface area (Å²) in [6.45, 7) is 2.07. The first-order valence-electron chi connectivity index (χ1n) is 12.1. The minimum Gasteiger partial charge on any atom is -0.325 e. The highest BCUT2D eigenvalue weighted by Gasteiger charge is 2.15. The highest BCUT2D eigenvalue weighted by atomic mass is 35.5. The van der Waals surface area contributed by atoms with E-state index in [1.807, 2.05) is 36.4 Å². The van der Waals surface area contributed by atoms with Crippen LogP contribution in [0.1, 0.15) is 5.56 Å². The second kappa shape index (κ2) is 10.6. The van der Waals surface area contributed by atoms with E-state index in [0.717, 1.165) is 20.8 Å². The smallest absolute Gasteiger partial charge is 0.266 e. The summed E-state index contributed by atoms with van der Waals surface area (Å²) < 4.78 is 2.67. The number of rotatable bonds is 6. The number of anilines is 1. The molecule has 2 aromatic heterocycles. The molecule has 2 heterocycles. The van der Waals surface area contributed by atoms with E-state index in [2.05, 4.69) is 29.4 Å². The second-order valence-corrected chi connectivity index (χ2v) is 11.3. The standard InChI is InChI=1S/C30H21ClN4O2S2/c1-18-6-15-25-26(16-18)39-28(33-25)19-7-11-21(12-8-19)32-27(36)17-38-30-34-24-5-3-2-4-23(24)29(37)35(30)22-13-9-20(31)10-14-22/h2-16H,17H2,1H3,(H,32,36). The molecule has 0 aliphatic rings. The van der Waals surface area contributed by atoms with Crippen molar-refractivity contribution in [3.05, 3.63) is 112 Å². The summed E-state index contributed by atoms with van der Waals surface area (Å²) in [5.41, 5.74) is 4.87. The third-order valence-electron chi connectivity index (χ3n) is 6.12. The summed E-state index contributed by atoms with van der Waals surface area (Å²) >= 11 is 8.91. The molecule has 0 atom stereocenters. The summed E-state index contributed by atoms with van der Waals surface area (Å²) in [6, 6.07) is 28.0. The quantitative estimate of drug-likeness (QED) is 0.168. The Labute approximate surface area is 237 Å². The molecule has 1 amide bonds. The van der Waals surface area contributed by atoms with E-state index in [0.29, 0.717) is 32.5 Å². The van der Waals surface area contributed by atoms with E-state index in [1.165, 1.54) is 21.9 Å². The molecule has 6 aromatic rings. The first kappa shape index (κ1) is 25.3. The molecule has 192 valence electrons. The van der Waals surface area contributed by atoms with Crippen LogP contribution in [0.5, 0.6) is 0 Å². The Balaban J connectivity index is 1.20. The first-order chi connectivity index (χ1) is 18.9. The Morgan fingerprint density at radius 3 is 2.51 bits per heavy atom. The number of amides is 1. The normalized spacial score (nSPS) is 11.2. The maximum Gasteiger partial charge on any atom is 0.266 e. The van der Waals surface area contributed by atoms with Crippen molar-refractivity contribution in [3.63, 3.8) is 0 Å². The maximum atomic E-state index is 13.4. The van der Waals surface area contributed by atoms with Gasteiger partial charge in [-0.3, -0.25) is 14.2 Å². The number of aryl methyl sites for hydroxylation is 1. The molecule has 0 aliphatic carbocycles. The largest absolute Gasteiger partial charge is 0.325 e. The molecule has 1 N–H and O–H groups in total. The molecular formula is C30H21ClN4O2S2. The van der Waals surface area contributed by atoms with Gasteiger partial charge in [-0.2, -0.15) is 0 Å². The Morgan fingerprint density at radius 2 is 1.72 bits per heavy atom. The molecule has 0 spiro atoms. The van der Waals surface area contributed by atoms with Crippen molar-refractivity contribution in [2.24, 2.45) is 0 Å². The van der Waals surface area contributed by atoms with Crippen molar-refractivity contribution in [1.29, 1.82) is 0 Å². The van der Waals surface area contributed by atoms with Crippen LogP contribution in [-0.2, 0) is 4.79 Å². The van der Waals surface area contributed by atoms with Crippen molar-refractivity contribution in [2.45, 2.75) is 12.1 Å². The second-order valence-electron chi connectivity index (χ2n) is 8.93. The molecule has 39 heavy (non-hydrogen) atoms. The molecule has 0 saturated heterocycles. The molecule has 4 aromatic carbocycles. The van der Waals surface area contributed by atoms with Crippen LogP contribution in [0.15, 0.2) is 101 Å². The number of hydrogen-bond acceptors (Lipinski definition) is 6. The van der Waals surface area contributed by atoms with Gasteiger partial charge in [-0.1, -0.05) is 41.6 Å². The van der Waals surface area contributed by atoms with Crippen molar-refractivity contribution < 1.29 is 4.79 Å². The van der Waals surface area contributed by atoms with Gasteiger partial charge in [0.1, 0.15) is 5.01 Å². The minimum absolute atomic E-state index is 0.0807. The number of hydrogen-bond donors (Lipinski definition) is 1. The van der Waals surface area contributed by atoms with Crippen molar-refractivity contribution >= 4 is 67.4 Å². The van der Waals surface area contributed by atoms with Crippen LogP contribution in [0.4, 0.5) is 5.69 Å². The lowest BCUT2D eigenvalue weighted by Gasteiger charge is -2.13. The van der Waals surface area contributed by atoms with Gasteiger partial charge in [-0.15, -0.1) is 11.3 Å². The van der Waals surface area contributed by atoms with Gasteiger partial charge in [0.25, 0.3) is 5.56 Å². The zero-order valence-electron chi connectivity index (χ0n) is 20.7. The number of thioether (sulfide) groups is 1. The average Bonchev–Trinajstić information content (AvgIpc) is 3.36. The molecule has 0 aliphatic heterocycles. The minimum atomic E-state index is -0.202. The number of aromatic nitrogens is 3. The zero-order chi connectivity index (χ0) is 26.9. The summed E-state index contributed by atoms with van der Waals surface area (Å²) in [5, 5.41) is 5.37. The molecular weight excluding hydrogens is 548 g/mol. The predicted molar refractivity (Wildman–Crippen MR) is 161 cm³/mol. The van der Waals surface area contributed by atoms with Gasteiger partial charge >= 0.3 is 0 Å². The van der Waals surface area contributed by atoms with Crippen LogP contribution in [0, 0.1) is 6.92 Å². The van der Waals surface area contributed by atoms with E-state index in [9.17, 15) is 9.59 Å². The number of benzene rings is 4. The van der Waals surface area contributed by atoms with Crippen LogP contribution in [0.25, 0.3) is 37.4 Å². The monoisotopic (exact) mass is 568 g/mol. The molecule has 0 bridgehead atoms. The first-order valence-corrected chi connectivity index (χ1v) is 14.3. The molecule has 0 saturated carbocycles. The third-order valence-corrected chi connectivity index (χ3v) is 8.38. The molecule has 9 heteroatoms. The van der Waals surface area contributed by atoms with Crippen LogP contribution < -0.4 is 10.9 Å². The van der Waals surface area contributed by atoms with Gasteiger partial charge in [-0.25, -0.2) is 9.97 Å². The fourth-order valence-corrected chi connectivity index (χ4v) is 6.21. The van der Waals surface area contributed by atoms with E-state index in [-0.39, 0.29) is 17.2 Å². The number of nitrogens with one attached hydrogen (secondary N) is 1. The van der Waals surface area contributed by atoms with Crippen LogP contribution in [-0.4, -0.2) is 26.2 Å². The summed E-state index contributed by atoms with van der Waals surface area (Å²) in [4.78, 5) is 35.6. The van der Waals surface area contributed by atoms with Crippen LogP contribution in [0.3, 0.4) is 0 Å². The van der Waals surface area contributed by atoms with Gasteiger partial charge in [0.05, 0.1) is 32.6 Å². The van der Waals surface area contributed by atoms with Gasteiger partial charge in [-0.05, 0) is 85.3 Å². The number of carbonyl (C=O) groups excluding carboxylic acids is 1. The highest BCUT2D eigenvalue weighted by Crippen LogP contribution is 2.31. The van der Waals surface area contributed by atoms with Crippen molar-refractivity contribution in [2.75, 3.05) is 11.1 Å². The average molecular weight is 569 g/mol.